The van der Waals surface area contributed by atoms with Crippen molar-refractivity contribution in [1.82, 2.24) is 4.98 Å². The molecule has 1 fully saturated rings. The summed E-state index contributed by atoms with van der Waals surface area (Å²) in [7, 11) is 0. The number of aliphatic hydroxyl groups is 1. The summed E-state index contributed by atoms with van der Waals surface area (Å²) >= 11 is 0. The number of benzene rings is 1. The highest BCUT2D eigenvalue weighted by Gasteiger charge is 2.42. The number of unbranched alkanes of at least 4 members (excludes halogenated alkanes) is 2. The van der Waals surface area contributed by atoms with Crippen LogP contribution < -0.4 is 10.6 Å². The molecule has 0 saturated heterocycles. The second-order valence-corrected chi connectivity index (χ2v) is 10.5. The minimum Gasteiger partial charge on any atom is -0.392 e. The third-order valence-electron chi connectivity index (χ3n) is 7.59. The number of nitrogens with two attached hydrogens (primary N) is 1. The van der Waals surface area contributed by atoms with Crippen molar-refractivity contribution in [1.29, 1.82) is 0 Å². The van der Waals surface area contributed by atoms with E-state index in [0.29, 0.717) is 18.9 Å². The number of hydrogen-bond donors (Lipinski definition) is 2. The van der Waals surface area contributed by atoms with Crippen LogP contribution >= 0.6 is 0 Å². The lowest BCUT2D eigenvalue weighted by molar-refractivity contribution is -0.128. The van der Waals surface area contributed by atoms with E-state index < -0.39 is 24.2 Å². The van der Waals surface area contributed by atoms with Gasteiger partial charge in [-0.15, -0.1) is 0 Å². The molecule has 4 unspecified atom stereocenters. The van der Waals surface area contributed by atoms with E-state index in [9.17, 15) is 9.90 Å². The van der Waals surface area contributed by atoms with Crippen LogP contribution in [0.1, 0.15) is 82.9 Å². The van der Waals surface area contributed by atoms with Crippen molar-refractivity contribution in [3.05, 3.63) is 59.9 Å². The molecule has 1 aromatic carbocycles. The highest BCUT2D eigenvalue weighted by molar-refractivity contribution is 6.07. The topological polar surface area (TPSA) is 91.8 Å². The van der Waals surface area contributed by atoms with Crippen LogP contribution in [-0.4, -0.2) is 39.9 Å². The van der Waals surface area contributed by atoms with Gasteiger partial charge in [0.15, 0.2) is 5.78 Å². The lowest BCUT2D eigenvalue weighted by atomic mass is 9.85. The van der Waals surface area contributed by atoms with Crippen molar-refractivity contribution in [3.63, 3.8) is 0 Å². The van der Waals surface area contributed by atoms with E-state index in [1.54, 1.807) is 6.20 Å². The Morgan fingerprint density at radius 2 is 1.86 bits per heavy atom. The maximum Gasteiger partial charge on any atom is 0.166 e. The molecule has 2 heterocycles. The van der Waals surface area contributed by atoms with Gasteiger partial charge >= 0.3 is 0 Å². The minimum absolute atomic E-state index is 0.00849. The number of carbonyl (C=O) groups excluding carboxylic acids is 1. The first-order chi connectivity index (χ1) is 17.5. The molecule has 6 heteroatoms. The predicted octanol–water partition coefficient (Wildman–Crippen LogP) is 5.27. The van der Waals surface area contributed by atoms with E-state index in [1.165, 1.54) is 0 Å². The third-order valence-corrected chi connectivity index (χ3v) is 7.59. The largest absolute Gasteiger partial charge is 0.392 e. The average molecular weight is 491 g/mol. The smallest absolute Gasteiger partial charge is 0.166 e. The lowest BCUT2D eigenvalue weighted by Crippen LogP contribution is -2.54. The van der Waals surface area contributed by atoms with E-state index in [1.807, 2.05) is 30.3 Å². The highest BCUT2D eigenvalue weighted by atomic mass is 16.3. The summed E-state index contributed by atoms with van der Waals surface area (Å²) in [6.45, 7) is 4.77. The Morgan fingerprint density at radius 3 is 2.56 bits per heavy atom. The van der Waals surface area contributed by atoms with Gasteiger partial charge in [0.2, 0.25) is 0 Å². The fourth-order valence-corrected chi connectivity index (χ4v) is 5.25. The molecule has 2 aliphatic rings. The zero-order valence-corrected chi connectivity index (χ0v) is 21.9. The van der Waals surface area contributed by atoms with Gasteiger partial charge < -0.3 is 15.7 Å². The number of hydrogen-bond acceptors (Lipinski definition) is 6. The Balaban J connectivity index is 1.73. The number of rotatable bonds is 13. The maximum absolute atomic E-state index is 14.2. The molecular formula is C30H42N4O2. The normalized spacial score (nSPS) is 21.3. The average Bonchev–Trinajstić information content (AvgIpc) is 3.74. The summed E-state index contributed by atoms with van der Waals surface area (Å²) < 4.78 is 0. The first-order valence-electron chi connectivity index (χ1n) is 13.8. The van der Waals surface area contributed by atoms with Gasteiger partial charge in [0.05, 0.1) is 18.3 Å². The maximum atomic E-state index is 14.2. The van der Waals surface area contributed by atoms with Crippen LogP contribution in [0.2, 0.25) is 0 Å². The van der Waals surface area contributed by atoms with Gasteiger partial charge in [-0.1, -0.05) is 70.2 Å². The zero-order valence-electron chi connectivity index (χ0n) is 21.9. The number of benzodiazepines with no additional fused rings is 1. The highest BCUT2D eigenvalue weighted by Crippen LogP contribution is 2.39. The van der Waals surface area contributed by atoms with Crippen LogP contribution in [0.3, 0.4) is 0 Å². The summed E-state index contributed by atoms with van der Waals surface area (Å²) in [5, 5.41) is 11.1. The van der Waals surface area contributed by atoms with Crippen molar-refractivity contribution in [2.45, 2.75) is 96.5 Å². The van der Waals surface area contributed by atoms with E-state index in [4.69, 9.17) is 10.7 Å². The SMILES string of the molecule is CCCCC1=NC(C(=O)C(CC2CC2)C(O)CCCC)C(N)N(Cc2ccccn2)c2ccccc21. The molecule has 6 nitrogen and oxygen atoms in total. The summed E-state index contributed by atoms with van der Waals surface area (Å²) in [5.74, 6) is 0.0996. The molecule has 4 rings (SSSR count). The fourth-order valence-electron chi connectivity index (χ4n) is 5.25. The van der Waals surface area contributed by atoms with Crippen LogP contribution in [0.25, 0.3) is 0 Å². The Morgan fingerprint density at radius 1 is 1.11 bits per heavy atom. The van der Waals surface area contributed by atoms with Gasteiger partial charge in [-0.05, 0) is 49.8 Å². The van der Waals surface area contributed by atoms with Gasteiger partial charge in [0.1, 0.15) is 12.2 Å². The molecule has 3 N–H and O–H groups in total. The number of pyridine rings is 1. The van der Waals surface area contributed by atoms with Crippen molar-refractivity contribution in [3.8, 4) is 0 Å². The van der Waals surface area contributed by atoms with Crippen molar-refractivity contribution < 1.29 is 9.90 Å². The minimum atomic E-state index is -0.729. The first-order valence-corrected chi connectivity index (χ1v) is 13.8. The second-order valence-electron chi connectivity index (χ2n) is 10.5. The number of carbonyl (C=O) groups is 1. The van der Waals surface area contributed by atoms with Crippen LogP contribution in [0.15, 0.2) is 53.7 Å². The Labute approximate surface area is 216 Å². The van der Waals surface area contributed by atoms with Gasteiger partial charge in [-0.25, -0.2) is 0 Å². The number of anilines is 1. The second kappa shape index (κ2) is 12.6. The van der Waals surface area contributed by atoms with E-state index in [0.717, 1.165) is 74.0 Å². The molecule has 0 amide bonds. The summed E-state index contributed by atoms with van der Waals surface area (Å²) in [4.78, 5) is 25.9. The number of nitrogens with zero attached hydrogens (tertiary/aromatic N) is 3. The molecule has 1 saturated carbocycles. The van der Waals surface area contributed by atoms with Gasteiger partial charge in [0, 0.05) is 29.1 Å². The quantitative estimate of drug-likeness (QED) is 0.399. The van der Waals surface area contributed by atoms with E-state index in [2.05, 4.69) is 35.9 Å². The van der Waals surface area contributed by atoms with E-state index >= 15 is 0 Å². The zero-order chi connectivity index (χ0) is 25.5. The van der Waals surface area contributed by atoms with Gasteiger partial charge in [0.25, 0.3) is 0 Å². The summed E-state index contributed by atoms with van der Waals surface area (Å²) in [5.41, 5.74) is 10.8. The number of aliphatic imine (C=N–C) groups is 1. The number of ketones is 1. The Kier molecular flexibility index (Phi) is 9.27. The van der Waals surface area contributed by atoms with Crippen LogP contribution in [0.4, 0.5) is 5.69 Å². The Bertz CT molecular complexity index is 1020. The molecule has 1 aromatic heterocycles. The van der Waals surface area contributed by atoms with Crippen molar-refractivity contribution in [2.24, 2.45) is 22.6 Å². The summed E-state index contributed by atoms with van der Waals surface area (Å²) in [6.07, 6.45) is 8.91. The number of aromatic nitrogens is 1. The number of para-hydroxylation sites is 1. The van der Waals surface area contributed by atoms with Gasteiger partial charge in [-0.2, -0.15) is 0 Å². The van der Waals surface area contributed by atoms with Crippen molar-refractivity contribution in [2.75, 3.05) is 4.90 Å². The number of aliphatic hydroxyl groups excluding tert-OH is 1. The summed E-state index contributed by atoms with van der Waals surface area (Å²) in [6, 6.07) is 13.3. The van der Waals surface area contributed by atoms with Gasteiger partial charge in [-0.3, -0.25) is 14.8 Å². The van der Waals surface area contributed by atoms with E-state index in [-0.39, 0.29) is 5.78 Å². The standard InChI is InChI=1S/C30H42N4O2/c1-3-5-13-25-23-12-7-8-14-26(23)34(20-22-11-9-10-18-32-22)30(31)28(33-25)29(36)24(19-21-16-17-21)27(35)15-6-4-2/h7-12,14,18,21,24,27-28,30,35H,3-6,13,15-17,19-20,31H2,1-2H3. The molecule has 0 bridgehead atoms. The van der Waals surface area contributed by atoms with Crippen LogP contribution in [0.5, 0.6) is 0 Å². The molecule has 4 atom stereocenters. The molecular weight excluding hydrogens is 448 g/mol. The molecule has 194 valence electrons. The lowest BCUT2D eigenvalue weighted by Gasteiger charge is -2.34. The molecule has 2 aromatic rings. The molecule has 0 radical (unpaired) electrons. The molecule has 36 heavy (non-hydrogen) atoms. The predicted molar refractivity (Wildman–Crippen MR) is 146 cm³/mol. The molecule has 1 aliphatic heterocycles. The molecule has 0 spiro atoms. The first kappa shape index (κ1) is 26.5. The number of Topliss-reactive ketones (excluding diaryl/α,β-unsaturated/α-hetero) is 1. The number of fused-ring (bicyclic) bond motifs is 1. The van der Waals surface area contributed by atoms with Crippen molar-refractivity contribution >= 4 is 17.2 Å². The van der Waals surface area contributed by atoms with Crippen LogP contribution in [-0.2, 0) is 11.3 Å². The van der Waals surface area contributed by atoms with Crippen LogP contribution in [0, 0.1) is 11.8 Å². The Hall–Kier alpha value is -2.57. The fraction of sp³-hybridized carbons (Fsp3) is 0.567. The monoisotopic (exact) mass is 490 g/mol. The molecule has 1 aliphatic carbocycles. The third kappa shape index (κ3) is 6.40.